The quantitative estimate of drug-likeness (QED) is 0.452. The zero-order valence-corrected chi connectivity index (χ0v) is 15.7. The highest BCUT2D eigenvalue weighted by Crippen LogP contribution is 2.24. The van der Waals surface area contributed by atoms with Crippen LogP contribution in [-0.2, 0) is 0 Å². The fraction of sp³-hybridized carbons (Fsp3) is 0.143. The van der Waals surface area contributed by atoms with Gasteiger partial charge in [-0.3, -0.25) is 4.98 Å². The Bertz CT molecular complexity index is 1080. The van der Waals surface area contributed by atoms with Crippen molar-refractivity contribution in [2.45, 2.75) is 19.9 Å². The van der Waals surface area contributed by atoms with Crippen LogP contribution in [-0.4, -0.2) is 26.0 Å². The van der Waals surface area contributed by atoms with Crippen molar-refractivity contribution in [1.82, 2.24) is 19.9 Å². The van der Waals surface area contributed by atoms with E-state index in [1.54, 1.807) is 6.20 Å². The standard InChI is InChI=1S/C21H21N7/c1-14(2)23-19-26-20(24-16-10-4-3-5-11-16)28-21(27-19)25-17-12-6-8-15-9-7-13-22-18(15)17/h3-14H,1-2H3,(H3,23,24,25,26,27,28). The van der Waals surface area contributed by atoms with Crippen LogP contribution < -0.4 is 16.0 Å². The fourth-order valence-electron chi connectivity index (χ4n) is 2.79. The molecule has 7 heteroatoms. The molecule has 0 aliphatic heterocycles. The molecule has 4 aromatic rings. The van der Waals surface area contributed by atoms with Crippen LogP contribution in [0.5, 0.6) is 0 Å². The van der Waals surface area contributed by atoms with Gasteiger partial charge in [-0.15, -0.1) is 0 Å². The van der Waals surface area contributed by atoms with Gasteiger partial charge >= 0.3 is 0 Å². The average molecular weight is 371 g/mol. The van der Waals surface area contributed by atoms with Crippen LogP contribution >= 0.6 is 0 Å². The Kier molecular flexibility index (Phi) is 4.97. The number of anilines is 5. The number of benzene rings is 2. The minimum Gasteiger partial charge on any atom is -0.352 e. The van der Waals surface area contributed by atoms with E-state index in [0.29, 0.717) is 17.8 Å². The van der Waals surface area contributed by atoms with E-state index < -0.39 is 0 Å². The number of hydrogen-bond acceptors (Lipinski definition) is 7. The summed E-state index contributed by atoms with van der Waals surface area (Å²) in [7, 11) is 0. The second kappa shape index (κ2) is 7.87. The maximum absolute atomic E-state index is 4.53. The third kappa shape index (κ3) is 4.15. The number of aromatic nitrogens is 4. The van der Waals surface area contributed by atoms with E-state index in [9.17, 15) is 0 Å². The van der Waals surface area contributed by atoms with Crippen LogP contribution in [0.25, 0.3) is 10.9 Å². The first-order valence-corrected chi connectivity index (χ1v) is 9.13. The first kappa shape index (κ1) is 17.7. The van der Waals surface area contributed by atoms with Gasteiger partial charge in [-0.05, 0) is 38.1 Å². The molecule has 0 spiro atoms. The third-order valence-corrected chi connectivity index (χ3v) is 3.96. The highest BCUT2D eigenvalue weighted by Gasteiger charge is 2.10. The fourth-order valence-corrected chi connectivity index (χ4v) is 2.79. The average Bonchev–Trinajstić information content (AvgIpc) is 2.68. The molecule has 2 heterocycles. The van der Waals surface area contributed by atoms with E-state index in [1.165, 1.54) is 0 Å². The molecule has 0 fully saturated rings. The van der Waals surface area contributed by atoms with Gasteiger partial charge in [-0.1, -0.05) is 36.4 Å². The number of fused-ring (bicyclic) bond motifs is 1. The maximum atomic E-state index is 4.53. The molecule has 4 rings (SSSR count). The first-order chi connectivity index (χ1) is 13.7. The molecule has 0 radical (unpaired) electrons. The summed E-state index contributed by atoms with van der Waals surface area (Å²) in [5, 5.41) is 10.8. The molecule has 28 heavy (non-hydrogen) atoms. The van der Waals surface area contributed by atoms with Crippen molar-refractivity contribution >= 4 is 40.1 Å². The van der Waals surface area contributed by atoms with E-state index in [-0.39, 0.29) is 6.04 Å². The van der Waals surface area contributed by atoms with Gasteiger partial charge in [0.1, 0.15) is 0 Å². The summed E-state index contributed by atoms with van der Waals surface area (Å²) in [5.74, 6) is 1.40. The number of rotatable bonds is 6. The number of pyridine rings is 1. The zero-order valence-electron chi connectivity index (χ0n) is 15.7. The van der Waals surface area contributed by atoms with Crippen molar-refractivity contribution in [2.75, 3.05) is 16.0 Å². The number of hydrogen-bond donors (Lipinski definition) is 3. The molecule has 0 unspecified atom stereocenters. The molecule has 0 aliphatic carbocycles. The van der Waals surface area contributed by atoms with Crippen LogP contribution in [0.1, 0.15) is 13.8 Å². The van der Waals surface area contributed by atoms with Crippen molar-refractivity contribution in [3.05, 3.63) is 66.9 Å². The molecule has 2 aromatic carbocycles. The van der Waals surface area contributed by atoms with Gasteiger partial charge in [0.15, 0.2) is 0 Å². The van der Waals surface area contributed by atoms with Crippen molar-refractivity contribution in [1.29, 1.82) is 0 Å². The van der Waals surface area contributed by atoms with Gasteiger partial charge in [0.05, 0.1) is 11.2 Å². The molecular weight excluding hydrogens is 350 g/mol. The van der Waals surface area contributed by atoms with Gasteiger partial charge in [0.2, 0.25) is 17.8 Å². The second-order valence-corrected chi connectivity index (χ2v) is 6.60. The molecule has 0 amide bonds. The van der Waals surface area contributed by atoms with Crippen molar-refractivity contribution < 1.29 is 0 Å². The third-order valence-electron chi connectivity index (χ3n) is 3.96. The Labute approximate surface area is 163 Å². The van der Waals surface area contributed by atoms with Gasteiger partial charge in [-0.2, -0.15) is 15.0 Å². The number of para-hydroxylation sites is 2. The SMILES string of the molecule is CC(C)Nc1nc(Nc2ccccc2)nc(Nc2cccc3cccnc23)n1. The minimum absolute atomic E-state index is 0.194. The number of nitrogens with zero attached hydrogens (tertiary/aromatic N) is 4. The molecule has 7 nitrogen and oxygen atoms in total. The summed E-state index contributed by atoms with van der Waals surface area (Å²) in [4.78, 5) is 18.0. The minimum atomic E-state index is 0.194. The van der Waals surface area contributed by atoms with Crippen LogP contribution in [0.4, 0.5) is 29.2 Å². The smallest absolute Gasteiger partial charge is 0.233 e. The van der Waals surface area contributed by atoms with Crippen molar-refractivity contribution in [3.63, 3.8) is 0 Å². The van der Waals surface area contributed by atoms with E-state index in [4.69, 9.17) is 0 Å². The summed E-state index contributed by atoms with van der Waals surface area (Å²) in [6, 6.07) is 19.9. The van der Waals surface area contributed by atoms with Crippen LogP contribution in [0.15, 0.2) is 66.9 Å². The molecular formula is C21H21N7. The highest BCUT2D eigenvalue weighted by atomic mass is 15.3. The largest absolute Gasteiger partial charge is 0.352 e. The molecule has 2 aromatic heterocycles. The lowest BCUT2D eigenvalue weighted by Gasteiger charge is -2.13. The molecule has 0 saturated carbocycles. The molecule has 0 saturated heterocycles. The molecule has 3 N–H and O–H groups in total. The van der Waals surface area contributed by atoms with Crippen LogP contribution in [0.2, 0.25) is 0 Å². The predicted octanol–water partition coefficient (Wildman–Crippen LogP) is 4.73. The lowest BCUT2D eigenvalue weighted by molar-refractivity contribution is 0.869. The first-order valence-electron chi connectivity index (χ1n) is 9.13. The second-order valence-electron chi connectivity index (χ2n) is 6.60. The molecule has 0 bridgehead atoms. The van der Waals surface area contributed by atoms with Crippen molar-refractivity contribution in [2.24, 2.45) is 0 Å². The molecule has 0 aliphatic rings. The zero-order chi connectivity index (χ0) is 19.3. The van der Waals surface area contributed by atoms with E-state index in [2.05, 4.69) is 35.9 Å². The van der Waals surface area contributed by atoms with E-state index in [1.807, 2.05) is 74.5 Å². The van der Waals surface area contributed by atoms with Crippen LogP contribution in [0, 0.1) is 0 Å². The topological polar surface area (TPSA) is 87.7 Å². The Balaban J connectivity index is 1.69. The Morgan fingerprint density at radius 1 is 0.714 bits per heavy atom. The predicted molar refractivity (Wildman–Crippen MR) is 113 cm³/mol. The normalized spacial score (nSPS) is 10.8. The van der Waals surface area contributed by atoms with Gasteiger partial charge in [-0.25, -0.2) is 0 Å². The molecule has 140 valence electrons. The molecule has 0 atom stereocenters. The van der Waals surface area contributed by atoms with E-state index in [0.717, 1.165) is 22.3 Å². The maximum Gasteiger partial charge on any atom is 0.233 e. The summed E-state index contributed by atoms with van der Waals surface area (Å²) >= 11 is 0. The monoisotopic (exact) mass is 371 g/mol. The van der Waals surface area contributed by atoms with Crippen molar-refractivity contribution in [3.8, 4) is 0 Å². The van der Waals surface area contributed by atoms with Gasteiger partial charge < -0.3 is 16.0 Å². The summed E-state index contributed by atoms with van der Waals surface area (Å²) in [6.07, 6.45) is 1.77. The Morgan fingerprint density at radius 2 is 1.43 bits per heavy atom. The summed E-state index contributed by atoms with van der Waals surface area (Å²) in [5.41, 5.74) is 2.61. The number of nitrogens with one attached hydrogen (secondary N) is 3. The summed E-state index contributed by atoms with van der Waals surface area (Å²) < 4.78 is 0. The lowest BCUT2D eigenvalue weighted by atomic mass is 10.2. The Hall–Kier alpha value is -3.74. The van der Waals surface area contributed by atoms with Gasteiger partial charge in [0.25, 0.3) is 0 Å². The van der Waals surface area contributed by atoms with E-state index >= 15 is 0 Å². The Morgan fingerprint density at radius 3 is 2.21 bits per heavy atom. The highest BCUT2D eigenvalue weighted by molar-refractivity contribution is 5.91. The van der Waals surface area contributed by atoms with Crippen LogP contribution in [0.3, 0.4) is 0 Å². The van der Waals surface area contributed by atoms with Gasteiger partial charge in [0, 0.05) is 23.3 Å². The lowest BCUT2D eigenvalue weighted by Crippen LogP contribution is -2.15. The summed E-state index contributed by atoms with van der Waals surface area (Å²) in [6.45, 7) is 4.08.